The maximum atomic E-state index is 15.1. The van der Waals surface area contributed by atoms with Gasteiger partial charge >= 0.3 is 0 Å². The molecule has 32 heavy (non-hydrogen) atoms. The normalized spacial score (nSPS) is 23.0. The highest BCUT2D eigenvalue weighted by Crippen LogP contribution is 2.59. The van der Waals surface area contributed by atoms with Crippen molar-refractivity contribution in [1.82, 2.24) is 9.88 Å². The molecule has 1 aromatic heterocycles. The molecule has 2 aromatic rings. The molecule has 0 atom stereocenters. The molecule has 1 aromatic carbocycles. The van der Waals surface area contributed by atoms with E-state index in [0.717, 1.165) is 0 Å². The predicted octanol–water partition coefficient (Wildman–Crippen LogP) is 5.71. The van der Waals surface area contributed by atoms with E-state index in [2.05, 4.69) is 32.7 Å². The van der Waals surface area contributed by atoms with Crippen molar-refractivity contribution in [2.75, 3.05) is 0 Å². The third-order valence-electron chi connectivity index (χ3n) is 6.94. The van der Waals surface area contributed by atoms with Gasteiger partial charge in [-0.3, -0.25) is 9.78 Å². The molecule has 1 aliphatic carbocycles. The molecule has 0 N–H and O–H groups in total. The molecule has 5 nitrogen and oxygen atoms in total. The Morgan fingerprint density at radius 3 is 2.50 bits per heavy atom. The number of benzene rings is 1. The van der Waals surface area contributed by atoms with E-state index in [-0.39, 0.29) is 42.0 Å². The van der Waals surface area contributed by atoms with Crippen LogP contribution in [0.3, 0.4) is 0 Å². The van der Waals surface area contributed by atoms with Gasteiger partial charge in [-0.05, 0) is 18.1 Å². The van der Waals surface area contributed by atoms with Crippen LogP contribution in [0.1, 0.15) is 74.6 Å². The minimum atomic E-state index is -0.404. The summed E-state index contributed by atoms with van der Waals surface area (Å²) in [6.07, 6.45) is 1.27. The summed E-state index contributed by atoms with van der Waals surface area (Å²) in [6.45, 7) is 12.3. The Labute approximate surface area is 193 Å². The molecule has 0 bridgehead atoms. The molecule has 1 saturated carbocycles. The van der Waals surface area contributed by atoms with E-state index in [9.17, 15) is 4.79 Å². The van der Waals surface area contributed by atoms with E-state index < -0.39 is 10.8 Å². The minimum Gasteiger partial charge on any atom is -0.489 e. The van der Waals surface area contributed by atoms with E-state index in [4.69, 9.17) is 21.6 Å². The number of carbonyl (C=O) groups is 1. The number of nitrogens with zero attached hydrogens (tertiary/aromatic N) is 3. The lowest BCUT2D eigenvalue weighted by atomic mass is 9.49. The van der Waals surface area contributed by atoms with E-state index in [1.807, 2.05) is 19.9 Å². The van der Waals surface area contributed by atoms with Gasteiger partial charge in [0.1, 0.15) is 29.4 Å². The van der Waals surface area contributed by atoms with Crippen molar-refractivity contribution < 1.29 is 13.9 Å². The van der Waals surface area contributed by atoms with Crippen LogP contribution in [-0.2, 0) is 6.54 Å². The van der Waals surface area contributed by atoms with E-state index >= 15 is 4.39 Å². The van der Waals surface area contributed by atoms with Gasteiger partial charge in [0.2, 0.25) is 0 Å². The lowest BCUT2D eigenvalue weighted by molar-refractivity contribution is -0.199. The average Bonchev–Trinajstić information content (AvgIpc) is 3.02. The fourth-order valence-corrected chi connectivity index (χ4v) is 6.09. The number of ether oxygens (including phenoxy) is 1. The second-order valence-corrected chi connectivity index (χ2v) is 10.6. The largest absolute Gasteiger partial charge is 0.489 e. The van der Waals surface area contributed by atoms with E-state index in [1.165, 1.54) is 6.20 Å². The molecule has 2 aliphatic rings. The topological polar surface area (TPSA) is 66.2 Å². The van der Waals surface area contributed by atoms with Crippen LogP contribution in [0.15, 0.2) is 24.4 Å². The second-order valence-electron chi connectivity index (χ2n) is 10.2. The van der Waals surface area contributed by atoms with Gasteiger partial charge in [0, 0.05) is 40.3 Å². The molecule has 0 spiro atoms. The predicted molar refractivity (Wildman–Crippen MR) is 120 cm³/mol. The third kappa shape index (κ3) is 3.17. The van der Waals surface area contributed by atoms with Crippen LogP contribution in [0.4, 0.5) is 4.39 Å². The maximum absolute atomic E-state index is 15.1. The summed E-state index contributed by atoms with van der Waals surface area (Å²) in [7, 11) is 0. The summed E-state index contributed by atoms with van der Waals surface area (Å²) in [5.41, 5.74) is 0.708. The Balaban J connectivity index is 1.62. The molecule has 1 aliphatic heterocycles. The standard InChI is InChI=1S/C25H27ClFN3O2/c1-13(2)16-11-29-20-17(19(16)27)12-30(21(20)31)22-24(3,4)23(25(22,5)6)32-15-8-7-14(10-28)18(26)9-15/h7-9,11,13,22-23H,12H2,1-6H3. The average molecular weight is 456 g/mol. The quantitative estimate of drug-likeness (QED) is 0.592. The maximum Gasteiger partial charge on any atom is 0.273 e. The third-order valence-corrected chi connectivity index (χ3v) is 7.25. The van der Waals surface area contributed by atoms with Crippen LogP contribution in [0.5, 0.6) is 5.75 Å². The van der Waals surface area contributed by atoms with Crippen molar-refractivity contribution in [3.8, 4) is 11.8 Å². The molecular formula is C25H27ClFN3O2. The van der Waals surface area contributed by atoms with Gasteiger partial charge in [0.15, 0.2) is 0 Å². The van der Waals surface area contributed by atoms with Crippen LogP contribution >= 0.6 is 11.6 Å². The van der Waals surface area contributed by atoms with Gasteiger partial charge in [0.25, 0.3) is 5.91 Å². The molecular weight excluding hydrogens is 429 g/mol. The Bertz CT molecular complexity index is 1140. The number of rotatable bonds is 4. The Kier molecular flexibility index (Phi) is 5.25. The number of hydrogen-bond acceptors (Lipinski definition) is 4. The summed E-state index contributed by atoms with van der Waals surface area (Å²) < 4.78 is 21.4. The van der Waals surface area contributed by atoms with Crippen molar-refractivity contribution in [3.63, 3.8) is 0 Å². The van der Waals surface area contributed by atoms with Crippen molar-refractivity contribution in [2.45, 2.75) is 66.2 Å². The van der Waals surface area contributed by atoms with Gasteiger partial charge < -0.3 is 9.64 Å². The summed E-state index contributed by atoms with van der Waals surface area (Å²) in [5.74, 6) is 0.00511. The summed E-state index contributed by atoms with van der Waals surface area (Å²) >= 11 is 6.17. The fraction of sp³-hybridized carbons (Fsp3) is 0.480. The SMILES string of the molecule is CC(C)c1cnc2c(c1F)CN(C1C(C)(C)C(Oc3ccc(C#N)c(Cl)c3)C1(C)C)C2=O. The molecule has 1 amide bonds. The fourth-order valence-electron chi connectivity index (χ4n) is 5.88. The van der Waals surface area contributed by atoms with Crippen LogP contribution in [0.2, 0.25) is 5.02 Å². The highest BCUT2D eigenvalue weighted by molar-refractivity contribution is 6.31. The second kappa shape index (κ2) is 7.45. The molecule has 0 saturated heterocycles. The zero-order chi connectivity index (χ0) is 23.6. The monoisotopic (exact) mass is 455 g/mol. The zero-order valence-electron chi connectivity index (χ0n) is 19.2. The number of hydrogen-bond donors (Lipinski definition) is 0. The first-order valence-electron chi connectivity index (χ1n) is 10.8. The summed E-state index contributed by atoms with van der Waals surface area (Å²) in [4.78, 5) is 19.3. The van der Waals surface area contributed by atoms with Crippen LogP contribution in [0.25, 0.3) is 0 Å². The lowest BCUT2D eigenvalue weighted by Crippen LogP contribution is -2.74. The smallest absolute Gasteiger partial charge is 0.273 e. The number of carbonyl (C=O) groups excluding carboxylic acids is 1. The van der Waals surface area contributed by atoms with Gasteiger partial charge in [-0.25, -0.2) is 4.39 Å². The highest BCUT2D eigenvalue weighted by Gasteiger charge is 2.67. The molecule has 0 unspecified atom stereocenters. The molecule has 1 fully saturated rings. The molecule has 4 rings (SSSR count). The molecule has 7 heteroatoms. The van der Waals surface area contributed by atoms with Crippen molar-refractivity contribution in [3.05, 3.63) is 57.6 Å². The lowest BCUT2D eigenvalue weighted by Gasteiger charge is -2.65. The zero-order valence-corrected chi connectivity index (χ0v) is 19.9. The number of fused-ring (bicyclic) bond motifs is 1. The summed E-state index contributed by atoms with van der Waals surface area (Å²) in [5, 5.41) is 9.43. The molecule has 168 valence electrons. The number of amides is 1. The highest BCUT2D eigenvalue weighted by atomic mass is 35.5. The van der Waals surface area contributed by atoms with Crippen molar-refractivity contribution in [1.29, 1.82) is 5.26 Å². The first-order valence-corrected chi connectivity index (χ1v) is 11.1. The van der Waals surface area contributed by atoms with Gasteiger partial charge in [-0.15, -0.1) is 0 Å². The van der Waals surface area contributed by atoms with Crippen LogP contribution in [-0.4, -0.2) is 27.9 Å². The van der Waals surface area contributed by atoms with Gasteiger partial charge in [-0.2, -0.15) is 5.26 Å². The summed E-state index contributed by atoms with van der Waals surface area (Å²) in [6, 6.07) is 6.88. The first-order chi connectivity index (χ1) is 14.9. The molecule has 2 heterocycles. The Morgan fingerprint density at radius 2 is 1.94 bits per heavy atom. The first kappa shape index (κ1) is 22.5. The minimum absolute atomic E-state index is 0.00874. The number of nitriles is 1. The van der Waals surface area contributed by atoms with Crippen molar-refractivity contribution >= 4 is 17.5 Å². The van der Waals surface area contributed by atoms with Crippen LogP contribution in [0, 0.1) is 28.0 Å². The Hall–Kier alpha value is -2.65. The van der Waals surface area contributed by atoms with E-state index in [1.54, 1.807) is 23.1 Å². The number of aromatic nitrogens is 1. The van der Waals surface area contributed by atoms with Crippen molar-refractivity contribution in [2.24, 2.45) is 10.8 Å². The van der Waals surface area contributed by atoms with E-state index in [0.29, 0.717) is 27.5 Å². The molecule has 0 radical (unpaired) electrons. The number of halogens is 2. The van der Waals surface area contributed by atoms with Gasteiger partial charge in [-0.1, -0.05) is 53.1 Å². The van der Waals surface area contributed by atoms with Crippen LogP contribution < -0.4 is 4.74 Å². The number of pyridine rings is 1. The Morgan fingerprint density at radius 1 is 1.28 bits per heavy atom. The van der Waals surface area contributed by atoms with Gasteiger partial charge in [0.05, 0.1) is 17.1 Å².